The van der Waals surface area contributed by atoms with Crippen LogP contribution in [0.2, 0.25) is 0 Å². The fourth-order valence-corrected chi connectivity index (χ4v) is 2.91. The Kier molecular flexibility index (Phi) is 5.72. The molecule has 0 amide bonds. The number of hydrogen-bond acceptors (Lipinski definition) is 5. The zero-order chi connectivity index (χ0) is 15.4. The molecule has 1 aromatic heterocycles. The van der Waals surface area contributed by atoms with Gasteiger partial charge >= 0.3 is 0 Å². The number of aliphatic hydroxyl groups excluding tert-OH is 1. The van der Waals surface area contributed by atoms with Crippen molar-refractivity contribution in [3.8, 4) is 0 Å². The monoisotopic (exact) mass is 295 g/mol. The quantitative estimate of drug-likeness (QED) is 0.827. The van der Waals surface area contributed by atoms with Crippen molar-refractivity contribution in [1.29, 1.82) is 0 Å². The Bertz CT molecular complexity index is 433. The molecule has 6 heteroatoms. The van der Waals surface area contributed by atoms with E-state index in [9.17, 15) is 5.11 Å². The third-order valence-corrected chi connectivity index (χ3v) is 4.18. The van der Waals surface area contributed by atoms with Gasteiger partial charge in [-0.2, -0.15) is 5.10 Å². The Hall–Kier alpha value is -0.980. The summed E-state index contributed by atoms with van der Waals surface area (Å²) >= 11 is 0. The van der Waals surface area contributed by atoms with Gasteiger partial charge in [0, 0.05) is 38.6 Å². The lowest BCUT2D eigenvalue weighted by Crippen LogP contribution is -2.51. The lowest BCUT2D eigenvalue weighted by atomic mass is 10.0. The minimum absolute atomic E-state index is 0.362. The van der Waals surface area contributed by atoms with E-state index in [-0.39, 0.29) is 6.10 Å². The molecule has 6 nitrogen and oxygen atoms in total. The molecule has 0 radical (unpaired) electrons. The molecule has 1 aromatic rings. The average molecular weight is 295 g/mol. The molecule has 2 heterocycles. The van der Waals surface area contributed by atoms with Crippen LogP contribution >= 0.6 is 0 Å². The average Bonchev–Trinajstić information content (AvgIpc) is 2.80. The second-order valence-corrected chi connectivity index (χ2v) is 6.74. The van der Waals surface area contributed by atoms with Crippen molar-refractivity contribution in [3.63, 3.8) is 0 Å². The number of aliphatic hydroxyl groups is 1. The van der Waals surface area contributed by atoms with Gasteiger partial charge in [-0.05, 0) is 26.4 Å². The van der Waals surface area contributed by atoms with Crippen molar-refractivity contribution in [2.24, 2.45) is 5.92 Å². The Balaban J connectivity index is 1.89. The molecule has 0 saturated carbocycles. The lowest BCUT2D eigenvalue weighted by molar-refractivity contribution is 0.0627. The highest BCUT2D eigenvalue weighted by Crippen LogP contribution is 2.14. The van der Waals surface area contributed by atoms with Gasteiger partial charge in [-0.15, -0.1) is 0 Å². The third-order valence-electron chi connectivity index (χ3n) is 4.18. The van der Waals surface area contributed by atoms with Gasteiger partial charge in [0.1, 0.15) is 12.2 Å². The Labute approximate surface area is 127 Å². The van der Waals surface area contributed by atoms with Crippen LogP contribution in [0.25, 0.3) is 0 Å². The summed E-state index contributed by atoms with van der Waals surface area (Å²) in [4.78, 5) is 8.99. The second kappa shape index (κ2) is 7.33. The van der Waals surface area contributed by atoms with Crippen LogP contribution < -0.4 is 0 Å². The lowest BCUT2D eigenvalue weighted by Gasteiger charge is -2.38. The van der Waals surface area contributed by atoms with E-state index in [2.05, 4.69) is 47.8 Å². The van der Waals surface area contributed by atoms with Crippen molar-refractivity contribution < 1.29 is 5.11 Å². The molecule has 2 rings (SSSR count). The van der Waals surface area contributed by atoms with Crippen LogP contribution in [0.15, 0.2) is 6.33 Å². The van der Waals surface area contributed by atoms with Gasteiger partial charge in [0.15, 0.2) is 0 Å². The van der Waals surface area contributed by atoms with Gasteiger partial charge in [-0.25, -0.2) is 9.67 Å². The molecule has 2 atom stereocenters. The molecule has 0 aromatic carbocycles. The maximum atomic E-state index is 10.4. The van der Waals surface area contributed by atoms with Crippen LogP contribution in [0, 0.1) is 5.92 Å². The van der Waals surface area contributed by atoms with Crippen LogP contribution in [0.1, 0.15) is 26.1 Å². The zero-order valence-corrected chi connectivity index (χ0v) is 13.7. The minimum Gasteiger partial charge on any atom is -0.393 e. The largest absolute Gasteiger partial charge is 0.393 e. The summed E-state index contributed by atoms with van der Waals surface area (Å²) in [6, 6.07) is 0.417. The van der Waals surface area contributed by atoms with E-state index in [1.54, 1.807) is 6.33 Å². The van der Waals surface area contributed by atoms with Gasteiger partial charge in [-0.3, -0.25) is 0 Å². The fourth-order valence-electron chi connectivity index (χ4n) is 2.91. The highest BCUT2D eigenvalue weighted by Gasteiger charge is 2.25. The van der Waals surface area contributed by atoms with Gasteiger partial charge < -0.3 is 14.9 Å². The summed E-state index contributed by atoms with van der Waals surface area (Å²) < 4.78 is 1.92. The van der Waals surface area contributed by atoms with Gasteiger partial charge in [0.05, 0.1) is 6.10 Å². The molecule has 1 aliphatic heterocycles. The number of nitrogens with zero attached hydrogens (tertiary/aromatic N) is 5. The van der Waals surface area contributed by atoms with Crippen LogP contribution in [0.4, 0.5) is 0 Å². The molecule has 1 N–H and O–H groups in total. The first-order valence-corrected chi connectivity index (χ1v) is 7.89. The fraction of sp³-hybridized carbons (Fsp3) is 0.867. The smallest absolute Gasteiger partial charge is 0.138 e. The van der Waals surface area contributed by atoms with E-state index in [1.165, 1.54) is 0 Å². The van der Waals surface area contributed by atoms with Crippen molar-refractivity contribution >= 4 is 0 Å². The van der Waals surface area contributed by atoms with E-state index in [0.29, 0.717) is 18.4 Å². The van der Waals surface area contributed by atoms with Crippen LogP contribution in [-0.4, -0.2) is 75.5 Å². The van der Waals surface area contributed by atoms with Gasteiger partial charge in [-0.1, -0.05) is 13.8 Å². The van der Waals surface area contributed by atoms with Crippen molar-refractivity contribution in [2.45, 2.75) is 45.4 Å². The summed E-state index contributed by atoms with van der Waals surface area (Å²) in [5, 5.41) is 14.7. The normalized spacial score (nSPS) is 22.9. The number of rotatable bonds is 6. The van der Waals surface area contributed by atoms with Crippen molar-refractivity contribution in [1.82, 2.24) is 24.6 Å². The highest BCUT2D eigenvalue weighted by atomic mass is 16.3. The maximum absolute atomic E-state index is 10.4. The third kappa shape index (κ3) is 4.76. The topological polar surface area (TPSA) is 57.4 Å². The first-order chi connectivity index (χ1) is 9.95. The predicted octanol–water partition coefficient (Wildman–Crippen LogP) is 0.473. The highest BCUT2D eigenvalue weighted by molar-refractivity contribution is 4.90. The van der Waals surface area contributed by atoms with Crippen LogP contribution in [-0.2, 0) is 13.0 Å². The van der Waals surface area contributed by atoms with Crippen molar-refractivity contribution in [2.75, 3.05) is 33.7 Å². The zero-order valence-electron chi connectivity index (χ0n) is 13.7. The summed E-state index contributed by atoms with van der Waals surface area (Å²) in [7, 11) is 4.29. The standard InChI is InChI=1S/C15H29N5O/c1-12(2)9-20-15(16-11-17-20)8-14(21)7-13-10-18(3)5-6-19(13)4/h11-14,21H,5-10H2,1-4H3. The van der Waals surface area contributed by atoms with Crippen molar-refractivity contribution in [3.05, 3.63) is 12.2 Å². The number of hydrogen-bond donors (Lipinski definition) is 1. The predicted molar refractivity (Wildman–Crippen MR) is 83.1 cm³/mol. The number of piperazine rings is 1. The van der Waals surface area contributed by atoms with Gasteiger partial charge in [0.2, 0.25) is 0 Å². The Morgan fingerprint density at radius 1 is 1.33 bits per heavy atom. The molecular formula is C15H29N5O. The molecule has 0 aliphatic carbocycles. The molecule has 1 saturated heterocycles. The van der Waals surface area contributed by atoms with E-state index in [1.807, 2.05) is 4.68 Å². The molecule has 1 fully saturated rings. The Morgan fingerprint density at radius 2 is 2.10 bits per heavy atom. The first kappa shape index (κ1) is 16.4. The second-order valence-electron chi connectivity index (χ2n) is 6.74. The molecular weight excluding hydrogens is 266 g/mol. The first-order valence-electron chi connectivity index (χ1n) is 7.89. The van der Waals surface area contributed by atoms with Crippen LogP contribution in [0.5, 0.6) is 0 Å². The van der Waals surface area contributed by atoms with E-state index in [4.69, 9.17) is 0 Å². The van der Waals surface area contributed by atoms with E-state index >= 15 is 0 Å². The van der Waals surface area contributed by atoms with Crippen LogP contribution in [0.3, 0.4) is 0 Å². The maximum Gasteiger partial charge on any atom is 0.138 e. The molecule has 2 unspecified atom stereocenters. The molecule has 120 valence electrons. The molecule has 1 aliphatic rings. The van der Waals surface area contributed by atoms with E-state index < -0.39 is 0 Å². The summed E-state index contributed by atoms with van der Waals surface area (Å²) in [6.07, 6.45) is 2.60. The summed E-state index contributed by atoms with van der Waals surface area (Å²) in [5.74, 6) is 1.42. The molecule has 0 spiro atoms. The Morgan fingerprint density at radius 3 is 2.81 bits per heavy atom. The van der Waals surface area contributed by atoms with Gasteiger partial charge in [0.25, 0.3) is 0 Å². The SMILES string of the molecule is CC(C)Cn1ncnc1CC(O)CC1CN(C)CCN1C. The summed E-state index contributed by atoms with van der Waals surface area (Å²) in [6.45, 7) is 8.37. The number of aromatic nitrogens is 3. The number of likely N-dealkylation sites (N-methyl/N-ethyl adjacent to an activating group) is 2. The molecule has 0 bridgehead atoms. The minimum atomic E-state index is -0.362. The van der Waals surface area contributed by atoms with E-state index in [0.717, 1.165) is 38.4 Å². The summed E-state index contributed by atoms with van der Waals surface area (Å²) in [5.41, 5.74) is 0. The molecule has 21 heavy (non-hydrogen) atoms.